The van der Waals surface area contributed by atoms with Crippen molar-refractivity contribution in [2.75, 3.05) is 5.32 Å². The van der Waals surface area contributed by atoms with Crippen LogP contribution in [0.25, 0.3) is 0 Å². The minimum atomic E-state index is -0.899. The third-order valence-electron chi connectivity index (χ3n) is 2.61. The van der Waals surface area contributed by atoms with Crippen LogP contribution < -0.4 is 5.32 Å². The Morgan fingerprint density at radius 2 is 2.24 bits per heavy atom. The molecule has 0 radical (unpaired) electrons. The lowest BCUT2D eigenvalue weighted by molar-refractivity contribution is 0.0697. The van der Waals surface area contributed by atoms with Crippen molar-refractivity contribution in [3.05, 3.63) is 53.3 Å². The largest absolute Gasteiger partial charge is 0.478 e. The Balaban J connectivity index is 2.09. The van der Waals surface area contributed by atoms with Crippen molar-refractivity contribution in [1.29, 1.82) is 0 Å². The molecule has 0 amide bonds. The van der Waals surface area contributed by atoms with Gasteiger partial charge in [-0.3, -0.25) is 0 Å². The summed E-state index contributed by atoms with van der Waals surface area (Å²) < 4.78 is 0. The second kappa shape index (κ2) is 4.74. The van der Waals surface area contributed by atoms with Crippen molar-refractivity contribution >= 4 is 11.7 Å². The van der Waals surface area contributed by atoms with Gasteiger partial charge in [-0.1, -0.05) is 0 Å². The number of aromatic nitrogens is 1. The van der Waals surface area contributed by atoms with Crippen LogP contribution in [0.5, 0.6) is 0 Å². The summed E-state index contributed by atoms with van der Waals surface area (Å²) in [5.74, 6) is -0.899. The lowest BCUT2D eigenvalue weighted by Gasteiger charge is -2.09. The number of carbonyl (C=O) groups is 1. The highest BCUT2D eigenvalue weighted by atomic mass is 16.4. The van der Waals surface area contributed by atoms with E-state index in [0.29, 0.717) is 12.1 Å². The van der Waals surface area contributed by atoms with Crippen molar-refractivity contribution in [1.82, 2.24) is 4.98 Å². The Morgan fingerprint density at radius 1 is 1.41 bits per heavy atom. The first-order valence-corrected chi connectivity index (χ1v) is 5.37. The number of aromatic carboxylic acids is 1. The third kappa shape index (κ3) is 2.66. The number of carboxylic acids is 1. The maximum absolute atomic E-state index is 10.8. The summed E-state index contributed by atoms with van der Waals surface area (Å²) in [6.45, 7) is 2.59. The average molecular weight is 230 g/mol. The van der Waals surface area contributed by atoms with E-state index in [9.17, 15) is 4.79 Å². The van der Waals surface area contributed by atoms with Crippen LogP contribution in [0.3, 0.4) is 0 Å². The Bertz CT molecular complexity index is 518. The molecule has 0 unspecified atom stereocenters. The summed E-state index contributed by atoms with van der Waals surface area (Å²) in [5, 5.41) is 12.1. The van der Waals surface area contributed by atoms with Crippen LogP contribution in [-0.2, 0) is 6.54 Å². The Hall–Kier alpha value is -2.23. The standard InChI is InChI=1S/C13H14N2O2/c1-9-7-10(13(16)17)4-5-12(9)15-8-11-3-2-6-14-11/h2-7,14-15H,8H2,1H3,(H,16,17). The molecule has 0 aliphatic carbocycles. The Morgan fingerprint density at radius 3 is 2.82 bits per heavy atom. The molecule has 4 heteroatoms. The first kappa shape index (κ1) is 11.3. The number of hydrogen-bond acceptors (Lipinski definition) is 2. The molecule has 0 atom stereocenters. The second-order valence-electron chi connectivity index (χ2n) is 3.88. The molecule has 4 nitrogen and oxygen atoms in total. The van der Waals surface area contributed by atoms with Crippen molar-refractivity contribution < 1.29 is 9.90 Å². The molecule has 1 aromatic heterocycles. The van der Waals surface area contributed by atoms with E-state index in [-0.39, 0.29) is 0 Å². The van der Waals surface area contributed by atoms with E-state index in [4.69, 9.17) is 5.11 Å². The van der Waals surface area contributed by atoms with Gasteiger partial charge in [0.1, 0.15) is 0 Å². The summed E-state index contributed by atoms with van der Waals surface area (Å²) >= 11 is 0. The van der Waals surface area contributed by atoms with Crippen molar-refractivity contribution in [3.8, 4) is 0 Å². The molecule has 0 saturated carbocycles. The monoisotopic (exact) mass is 230 g/mol. The third-order valence-corrected chi connectivity index (χ3v) is 2.61. The maximum Gasteiger partial charge on any atom is 0.335 e. The maximum atomic E-state index is 10.8. The zero-order valence-corrected chi connectivity index (χ0v) is 9.53. The lowest BCUT2D eigenvalue weighted by Crippen LogP contribution is -2.03. The molecule has 1 aromatic carbocycles. The number of anilines is 1. The van der Waals surface area contributed by atoms with Crippen LogP contribution in [0.15, 0.2) is 36.5 Å². The molecule has 0 saturated heterocycles. The fraction of sp³-hybridized carbons (Fsp3) is 0.154. The van der Waals surface area contributed by atoms with Crippen molar-refractivity contribution in [2.24, 2.45) is 0 Å². The van der Waals surface area contributed by atoms with Gasteiger partial charge in [0, 0.05) is 17.6 Å². The number of aromatic amines is 1. The number of H-pyrrole nitrogens is 1. The van der Waals surface area contributed by atoms with Crippen molar-refractivity contribution in [3.63, 3.8) is 0 Å². The number of carboxylic acid groups (broad SMARTS) is 1. The van der Waals surface area contributed by atoms with Gasteiger partial charge in [0.15, 0.2) is 0 Å². The summed E-state index contributed by atoms with van der Waals surface area (Å²) in [6, 6.07) is 9.00. The lowest BCUT2D eigenvalue weighted by atomic mass is 10.1. The second-order valence-corrected chi connectivity index (χ2v) is 3.88. The van der Waals surface area contributed by atoms with Gasteiger partial charge >= 0.3 is 5.97 Å². The van der Waals surface area contributed by atoms with Crippen LogP contribution in [0.2, 0.25) is 0 Å². The first-order valence-electron chi connectivity index (χ1n) is 5.37. The van der Waals surface area contributed by atoms with Gasteiger partial charge in [0.25, 0.3) is 0 Å². The smallest absolute Gasteiger partial charge is 0.335 e. The molecular weight excluding hydrogens is 216 g/mol. The first-order chi connectivity index (χ1) is 8.16. The number of rotatable bonds is 4. The molecule has 0 bridgehead atoms. The quantitative estimate of drug-likeness (QED) is 0.756. The zero-order chi connectivity index (χ0) is 12.3. The summed E-state index contributed by atoms with van der Waals surface area (Å²) in [5.41, 5.74) is 3.28. The van der Waals surface area contributed by atoms with E-state index in [1.165, 1.54) is 0 Å². The molecule has 3 N–H and O–H groups in total. The molecule has 17 heavy (non-hydrogen) atoms. The molecular formula is C13H14N2O2. The minimum absolute atomic E-state index is 0.313. The molecule has 0 aliphatic rings. The number of benzene rings is 1. The SMILES string of the molecule is Cc1cc(C(=O)O)ccc1NCc1ccc[nH]1. The van der Waals surface area contributed by atoms with Gasteiger partial charge in [0.2, 0.25) is 0 Å². The highest BCUT2D eigenvalue weighted by molar-refractivity contribution is 5.88. The van der Waals surface area contributed by atoms with Gasteiger partial charge in [-0.2, -0.15) is 0 Å². The summed E-state index contributed by atoms with van der Waals surface area (Å²) in [7, 11) is 0. The predicted molar refractivity (Wildman–Crippen MR) is 66.3 cm³/mol. The Kier molecular flexibility index (Phi) is 3.14. The van der Waals surface area contributed by atoms with Crippen LogP contribution in [0, 0.1) is 6.92 Å². The molecule has 2 aromatic rings. The van der Waals surface area contributed by atoms with Gasteiger partial charge in [-0.25, -0.2) is 4.79 Å². The van der Waals surface area contributed by atoms with E-state index < -0.39 is 5.97 Å². The van der Waals surface area contributed by atoms with Gasteiger partial charge in [0.05, 0.1) is 12.1 Å². The van der Waals surface area contributed by atoms with Gasteiger partial charge in [-0.05, 0) is 42.8 Å². The average Bonchev–Trinajstić information content (AvgIpc) is 2.80. The normalized spacial score (nSPS) is 10.2. The van der Waals surface area contributed by atoms with Crippen LogP contribution in [-0.4, -0.2) is 16.1 Å². The van der Waals surface area contributed by atoms with Crippen LogP contribution >= 0.6 is 0 Å². The zero-order valence-electron chi connectivity index (χ0n) is 9.53. The molecule has 0 fully saturated rings. The number of hydrogen-bond donors (Lipinski definition) is 3. The predicted octanol–water partition coefficient (Wildman–Crippen LogP) is 2.63. The molecule has 0 spiro atoms. The fourth-order valence-electron chi connectivity index (χ4n) is 1.66. The molecule has 2 rings (SSSR count). The molecule has 88 valence electrons. The number of nitrogens with one attached hydrogen (secondary N) is 2. The highest BCUT2D eigenvalue weighted by Gasteiger charge is 2.05. The van der Waals surface area contributed by atoms with Gasteiger partial charge in [-0.15, -0.1) is 0 Å². The Labute approximate surface area is 99.3 Å². The van der Waals surface area contributed by atoms with E-state index in [1.54, 1.807) is 18.2 Å². The van der Waals surface area contributed by atoms with E-state index in [0.717, 1.165) is 16.9 Å². The topological polar surface area (TPSA) is 65.1 Å². The van der Waals surface area contributed by atoms with E-state index >= 15 is 0 Å². The van der Waals surface area contributed by atoms with Crippen molar-refractivity contribution in [2.45, 2.75) is 13.5 Å². The summed E-state index contributed by atoms with van der Waals surface area (Å²) in [6.07, 6.45) is 1.87. The van der Waals surface area contributed by atoms with E-state index in [1.807, 2.05) is 25.3 Å². The highest BCUT2D eigenvalue weighted by Crippen LogP contribution is 2.17. The molecule has 1 heterocycles. The van der Waals surface area contributed by atoms with Crippen LogP contribution in [0.1, 0.15) is 21.6 Å². The fourth-order valence-corrected chi connectivity index (χ4v) is 1.66. The molecule has 0 aliphatic heterocycles. The summed E-state index contributed by atoms with van der Waals surface area (Å²) in [4.78, 5) is 13.9. The van der Waals surface area contributed by atoms with E-state index in [2.05, 4.69) is 10.3 Å². The van der Waals surface area contributed by atoms with Crippen LogP contribution in [0.4, 0.5) is 5.69 Å². The minimum Gasteiger partial charge on any atom is -0.478 e. The van der Waals surface area contributed by atoms with Gasteiger partial charge < -0.3 is 15.4 Å². The number of aryl methyl sites for hydroxylation is 1.